The lowest BCUT2D eigenvalue weighted by molar-refractivity contribution is 0.0134. The van der Waals surface area contributed by atoms with E-state index in [4.69, 9.17) is 9.84 Å². The van der Waals surface area contributed by atoms with Crippen LogP contribution >= 0.6 is 0 Å². The zero-order chi connectivity index (χ0) is 24.5. The van der Waals surface area contributed by atoms with Gasteiger partial charge in [-0.3, -0.25) is 0 Å². The molecule has 0 radical (unpaired) electrons. The van der Waals surface area contributed by atoms with E-state index in [2.05, 4.69) is 15.6 Å². The summed E-state index contributed by atoms with van der Waals surface area (Å²) in [6.07, 6.45) is 2.86. The molecule has 2 aromatic carbocycles. The van der Waals surface area contributed by atoms with Crippen molar-refractivity contribution in [2.24, 2.45) is 5.92 Å². The van der Waals surface area contributed by atoms with Crippen LogP contribution in [-0.2, 0) is 4.74 Å². The molecule has 1 saturated heterocycles. The molecular formula is C26H28F3N3O3. The van der Waals surface area contributed by atoms with Gasteiger partial charge >= 0.3 is 6.03 Å². The maximum Gasteiger partial charge on any atom is 0.314 e. The van der Waals surface area contributed by atoms with Gasteiger partial charge in [-0.25, -0.2) is 18.0 Å². The van der Waals surface area contributed by atoms with Gasteiger partial charge in [0.2, 0.25) is 0 Å². The molecule has 35 heavy (non-hydrogen) atoms. The summed E-state index contributed by atoms with van der Waals surface area (Å²) < 4.78 is 47.6. The van der Waals surface area contributed by atoms with Gasteiger partial charge in [-0.05, 0) is 79.0 Å². The van der Waals surface area contributed by atoms with Gasteiger partial charge in [0.05, 0.1) is 30.0 Å². The fraction of sp³-hybridized carbons (Fsp3) is 0.423. The average Bonchev–Trinajstić information content (AvgIpc) is 3.42. The van der Waals surface area contributed by atoms with E-state index < -0.39 is 11.6 Å². The first-order chi connectivity index (χ1) is 16.9. The van der Waals surface area contributed by atoms with E-state index >= 15 is 0 Å². The third kappa shape index (κ3) is 5.01. The van der Waals surface area contributed by atoms with Crippen molar-refractivity contribution < 1.29 is 27.8 Å². The van der Waals surface area contributed by atoms with Gasteiger partial charge in [-0.2, -0.15) is 0 Å². The zero-order valence-corrected chi connectivity index (χ0v) is 19.1. The van der Waals surface area contributed by atoms with Crippen molar-refractivity contribution in [1.29, 1.82) is 0 Å². The molecule has 1 aromatic heterocycles. The molecule has 5 rings (SSSR count). The maximum atomic E-state index is 14.5. The molecule has 2 fully saturated rings. The number of ether oxygens (including phenoxy) is 1. The summed E-state index contributed by atoms with van der Waals surface area (Å²) >= 11 is 0. The standard InChI is InChI=1S/C26H28F3N3O3/c27-17-3-1-15(2-4-17)24-23(21-9-18(28)10-22(29)25(21)32-24)16-7-14(8-16)11-30-26(34)31-12-19-5-6-20(13-33)35-19/h1-4,9-10,14,16,19-20,32-33H,5-8,11-13H2,(H2,30,31,34)/t14?,16?,19-,20+/m1/s1. The highest BCUT2D eigenvalue weighted by molar-refractivity contribution is 5.92. The predicted octanol–water partition coefficient (Wildman–Crippen LogP) is 4.58. The van der Waals surface area contributed by atoms with E-state index in [1.165, 1.54) is 18.2 Å². The number of aliphatic hydroxyl groups excluding tert-OH is 1. The molecule has 186 valence electrons. The van der Waals surface area contributed by atoms with Gasteiger partial charge in [-0.15, -0.1) is 0 Å². The molecule has 1 aliphatic heterocycles. The molecule has 9 heteroatoms. The maximum absolute atomic E-state index is 14.5. The van der Waals surface area contributed by atoms with Crippen LogP contribution in [0.5, 0.6) is 0 Å². The second-order valence-corrected chi connectivity index (χ2v) is 9.50. The number of hydrogen-bond acceptors (Lipinski definition) is 3. The van der Waals surface area contributed by atoms with Gasteiger partial charge in [0, 0.05) is 24.5 Å². The van der Waals surface area contributed by atoms with Gasteiger partial charge in [0.25, 0.3) is 0 Å². The Bertz CT molecular complexity index is 1210. The van der Waals surface area contributed by atoms with Crippen LogP contribution in [0.4, 0.5) is 18.0 Å². The van der Waals surface area contributed by atoms with Crippen LogP contribution in [0, 0.1) is 23.4 Å². The number of aliphatic hydroxyl groups is 1. The van der Waals surface area contributed by atoms with E-state index in [9.17, 15) is 18.0 Å². The van der Waals surface area contributed by atoms with E-state index in [1.54, 1.807) is 12.1 Å². The number of amides is 2. The average molecular weight is 488 g/mol. The molecule has 4 N–H and O–H groups in total. The number of nitrogens with one attached hydrogen (secondary N) is 3. The van der Waals surface area contributed by atoms with Crippen molar-refractivity contribution in [3.63, 3.8) is 0 Å². The minimum Gasteiger partial charge on any atom is -0.394 e. The number of urea groups is 1. The van der Waals surface area contributed by atoms with Crippen molar-refractivity contribution in [2.45, 2.75) is 43.8 Å². The number of benzene rings is 2. The molecule has 0 unspecified atom stereocenters. The number of carbonyl (C=O) groups excluding carboxylic acids is 1. The van der Waals surface area contributed by atoms with Crippen LogP contribution in [-0.4, -0.2) is 48.0 Å². The molecule has 3 aromatic rings. The summed E-state index contributed by atoms with van der Waals surface area (Å²) in [5.41, 5.74) is 2.43. The van der Waals surface area contributed by atoms with Crippen molar-refractivity contribution in [3.05, 3.63) is 59.4 Å². The highest BCUT2D eigenvalue weighted by atomic mass is 19.1. The Morgan fingerprint density at radius 2 is 1.71 bits per heavy atom. The Morgan fingerprint density at radius 3 is 2.43 bits per heavy atom. The number of halogens is 3. The summed E-state index contributed by atoms with van der Waals surface area (Å²) in [6, 6.07) is 7.84. The van der Waals surface area contributed by atoms with Crippen molar-refractivity contribution in [3.8, 4) is 11.3 Å². The van der Waals surface area contributed by atoms with Crippen LogP contribution in [0.3, 0.4) is 0 Å². The summed E-state index contributed by atoms with van der Waals surface area (Å²) in [4.78, 5) is 15.3. The molecule has 1 saturated carbocycles. The fourth-order valence-electron chi connectivity index (χ4n) is 5.22. The molecule has 2 atom stereocenters. The third-order valence-electron chi connectivity index (χ3n) is 7.08. The lowest BCUT2D eigenvalue weighted by atomic mass is 9.70. The summed E-state index contributed by atoms with van der Waals surface area (Å²) in [7, 11) is 0. The summed E-state index contributed by atoms with van der Waals surface area (Å²) in [5, 5.41) is 15.3. The van der Waals surface area contributed by atoms with Crippen LogP contribution in [0.2, 0.25) is 0 Å². The van der Waals surface area contributed by atoms with E-state index in [0.29, 0.717) is 29.7 Å². The number of rotatable bonds is 7. The fourth-order valence-corrected chi connectivity index (χ4v) is 5.22. The molecule has 1 aliphatic carbocycles. The first kappa shape index (κ1) is 23.7. The van der Waals surface area contributed by atoms with Crippen LogP contribution < -0.4 is 10.6 Å². The van der Waals surface area contributed by atoms with Crippen LogP contribution in [0.1, 0.15) is 37.2 Å². The van der Waals surface area contributed by atoms with Gasteiger partial charge in [0.15, 0.2) is 0 Å². The normalized spacial score (nSPS) is 23.9. The monoisotopic (exact) mass is 487 g/mol. The Morgan fingerprint density at radius 1 is 1.00 bits per heavy atom. The zero-order valence-electron chi connectivity index (χ0n) is 19.1. The van der Waals surface area contributed by atoms with Crippen molar-refractivity contribution in [1.82, 2.24) is 15.6 Å². The number of aromatic amines is 1. The molecule has 2 aliphatic rings. The second kappa shape index (κ2) is 9.91. The highest BCUT2D eigenvalue weighted by Gasteiger charge is 2.35. The van der Waals surface area contributed by atoms with Gasteiger partial charge in [-0.1, -0.05) is 0 Å². The van der Waals surface area contributed by atoms with Gasteiger partial charge < -0.3 is 25.5 Å². The molecule has 0 bridgehead atoms. The molecule has 2 amide bonds. The van der Waals surface area contributed by atoms with Crippen LogP contribution in [0.15, 0.2) is 36.4 Å². The Labute approximate surface area is 200 Å². The number of aromatic nitrogens is 1. The Hall–Kier alpha value is -3.04. The quantitative estimate of drug-likeness (QED) is 0.393. The minimum atomic E-state index is -0.666. The minimum absolute atomic E-state index is 0.00979. The predicted molar refractivity (Wildman–Crippen MR) is 125 cm³/mol. The van der Waals surface area contributed by atoms with Gasteiger partial charge in [0.1, 0.15) is 17.5 Å². The van der Waals surface area contributed by atoms with E-state index in [1.807, 2.05) is 0 Å². The number of carbonyl (C=O) groups is 1. The molecule has 0 spiro atoms. The molecule has 2 heterocycles. The summed E-state index contributed by atoms with van der Waals surface area (Å²) in [5.74, 6) is -1.39. The molecule has 6 nitrogen and oxygen atoms in total. The lowest BCUT2D eigenvalue weighted by Gasteiger charge is -2.36. The van der Waals surface area contributed by atoms with Crippen LogP contribution in [0.25, 0.3) is 22.2 Å². The third-order valence-corrected chi connectivity index (χ3v) is 7.08. The van der Waals surface area contributed by atoms with E-state index in [0.717, 1.165) is 37.3 Å². The highest BCUT2D eigenvalue weighted by Crippen LogP contribution is 2.48. The Kier molecular flexibility index (Phi) is 6.71. The largest absolute Gasteiger partial charge is 0.394 e. The number of H-pyrrole nitrogens is 1. The van der Waals surface area contributed by atoms with Crippen molar-refractivity contribution in [2.75, 3.05) is 19.7 Å². The number of hydrogen-bond donors (Lipinski definition) is 4. The SMILES string of the molecule is O=C(NCC1CC(c2c(-c3ccc(F)cc3)[nH]c3c(F)cc(F)cc23)C1)NC[C@H]1CC[C@@H](CO)O1. The smallest absolute Gasteiger partial charge is 0.314 e. The Balaban J connectivity index is 1.23. The lowest BCUT2D eigenvalue weighted by Crippen LogP contribution is -2.43. The topological polar surface area (TPSA) is 86.4 Å². The van der Waals surface area contributed by atoms with Crippen molar-refractivity contribution >= 4 is 16.9 Å². The second-order valence-electron chi connectivity index (χ2n) is 9.50. The summed E-state index contributed by atoms with van der Waals surface area (Å²) in [6.45, 7) is 0.872. The number of fused-ring (bicyclic) bond motifs is 1. The molecular weight excluding hydrogens is 459 g/mol. The first-order valence-corrected chi connectivity index (χ1v) is 12.0. The van der Waals surface area contributed by atoms with E-state index in [-0.39, 0.29) is 48.0 Å². The first-order valence-electron chi connectivity index (χ1n) is 12.0.